The molecule has 1 atom stereocenters. The molecule has 11 heteroatoms. The average Bonchev–Trinajstić information content (AvgIpc) is 2.81. The van der Waals surface area contributed by atoms with Gasteiger partial charge >= 0.3 is 18.4 Å². The van der Waals surface area contributed by atoms with Crippen LogP contribution in [0.25, 0.3) is 0 Å². The lowest BCUT2D eigenvalue weighted by Gasteiger charge is -2.50. The molecule has 2 aromatic rings. The van der Waals surface area contributed by atoms with E-state index >= 15 is 0 Å². The molecule has 0 aromatic heterocycles. The second-order valence-electron chi connectivity index (χ2n) is 8.86. The fourth-order valence-corrected chi connectivity index (χ4v) is 4.73. The van der Waals surface area contributed by atoms with E-state index in [1.54, 1.807) is 7.05 Å². The van der Waals surface area contributed by atoms with Gasteiger partial charge in [-0.1, -0.05) is 30.3 Å². The Hall–Kier alpha value is -3.24. The van der Waals surface area contributed by atoms with Crippen molar-refractivity contribution in [3.05, 3.63) is 70.8 Å². The molecule has 0 bridgehead atoms. The number of ether oxygens (including phenoxy) is 1. The van der Waals surface area contributed by atoms with Crippen LogP contribution >= 0.6 is 0 Å². The number of amides is 2. The van der Waals surface area contributed by atoms with Crippen LogP contribution in [0.2, 0.25) is 0 Å². The highest BCUT2D eigenvalue weighted by molar-refractivity contribution is 5.94. The zero-order chi connectivity index (χ0) is 25.6. The van der Waals surface area contributed by atoms with Crippen LogP contribution < -0.4 is 0 Å². The van der Waals surface area contributed by atoms with Crippen molar-refractivity contribution >= 4 is 12.0 Å². The van der Waals surface area contributed by atoms with E-state index in [0.717, 1.165) is 5.56 Å². The summed E-state index contributed by atoms with van der Waals surface area (Å²) >= 11 is 0. The average molecular weight is 500 g/mol. The Morgan fingerprint density at radius 3 is 2.00 bits per heavy atom. The number of likely N-dealkylation sites (tertiary alicyclic amines) is 1. The summed E-state index contributed by atoms with van der Waals surface area (Å²) in [6.45, 7) is 0.396. The molecule has 1 spiro atoms. The number of piperidine rings is 1. The number of carbonyl (C=O) groups excluding carboxylic acids is 2. The Balaban J connectivity index is 1.59. The van der Waals surface area contributed by atoms with E-state index in [1.807, 2.05) is 30.3 Å². The minimum absolute atomic E-state index is 0.00951. The molecule has 35 heavy (non-hydrogen) atoms. The molecule has 2 amide bonds. The highest BCUT2D eigenvalue weighted by Crippen LogP contribution is 2.44. The quantitative estimate of drug-likeness (QED) is 0.507. The standard InChI is InChI=1S/C24H22F6N2O3/c1-31-14-19(15-5-3-2-4-6-15)22(35-21(31)34)7-9-32(10-8-22)20(33)16-11-17(23(25,26)27)13-18(12-16)24(28,29)30/h2-6,11-13,19H,7-10,14H2,1H3/t19-/m1/s1. The summed E-state index contributed by atoms with van der Waals surface area (Å²) < 4.78 is 85.1. The fraction of sp³-hybridized carbons (Fsp3) is 0.417. The number of carbonyl (C=O) groups is 2. The van der Waals surface area contributed by atoms with E-state index in [0.29, 0.717) is 18.7 Å². The first-order valence-electron chi connectivity index (χ1n) is 10.9. The second kappa shape index (κ2) is 8.76. The van der Waals surface area contributed by atoms with Gasteiger partial charge in [0.15, 0.2) is 0 Å². The Kier molecular flexibility index (Phi) is 6.23. The molecule has 4 rings (SSSR count). The number of likely N-dealkylation sites (N-methyl/N-ethyl adjacent to an activating group) is 1. The smallest absolute Gasteiger partial charge is 0.416 e. The Bertz CT molecular complexity index is 1080. The molecule has 0 radical (unpaired) electrons. The number of nitrogens with zero attached hydrogens (tertiary/aromatic N) is 2. The van der Waals surface area contributed by atoms with Crippen molar-refractivity contribution in [1.29, 1.82) is 0 Å². The first-order valence-corrected chi connectivity index (χ1v) is 10.9. The lowest BCUT2D eigenvalue weighted by Crippen LogP contribution is -2.58. The summed E-state index contributed by atoms with van der Waals surface area (Å²) in [5, 5.41) is 0. The van der Waals surface area contributed by atoms with Crippen LogP contribution in [0, 0.1) is 0 Å². The number of benzene rings is 2. The topological polar surface area (TPSA) is 49.9 Å². The van der Waals surface area contributed by atoms with Crippen LogP contribution in [0.1, 0.15) is 45.8 Å². The SMILES string of the molecule is CN1C[C@H](c2ccccc2)C2(CCN(C(=O)c3cc(C(F)(F)F)cc(C(F)(F)F)c3)CC2)OC1=O. The molecule has 0 saturated carbocycles. The summed E-state index contributed by atoms with van der Waals surface area (Å²) in [5.74, 6) is -1.15. The minimum Gasteiger partial charge on any atom is -0.442 e. The molecule has 0 aliphatic carbocycles. The number of hydrogen-bond acceptors (Lipinski definition) is 3. The van der Waals surface area contributed by atoms with Crippen molar-refractivity contribution in [2.45, 2.75) is 36.7 Å². The number of alkyl halides is 6. The van der Waals surface area contributed by atoms with E-state index in [1.165, 1.54) is 9.80 Å². The molecule has 2 aromatic carbocycles. The van der Waals surface area contributed by atoms with E-state index in [2.05, 4.69) is 0 Å². The van der Waals surface area contributed by atoms with Crippen molar-refractivity contribution in [2.75, 3.05) is 26.7 Å². The van der Waals surface area contributed by atoms with Crippen LogP contribution in [-0.2, 0) is 17.1 Å². The van der Waals surface area contributed by atoms with Crippen molar-refractivity contribution in [3.63, 3.8) is 0 Å². The van der Waals surface area contributed by atoms with Crippen LogP contribution in [-0.4, -0.2) is 54.1 Å². The Morgan fingerprint density at radius 2 is 1.49 bits per heavy atom. The second-order valence-corrected chi connectivity index (χ2v) is 8.86. The Morgan fingerprint density at radius 1 is 0.943 bits per heavy atom. The zero-order valence-electron chi connectivity index (χ0n) is 18.6. The van der Waals surface area contributed by atoms with Gasteiger partial charge in [0.1, 0.15) is 5.60 Å². The highest BCUT2D eigenvalue weighted by Gasteiger charge is 2.50. The van der Waals surface area contributed by atoms with E-state index in [-0.39, 0.29) is 37.9 Å². The van der Waals surface area contributed by atoms with Crippen LogP contribution in [0.4, 0.5) is 31.1 Å². The summed E-state index contributed by atoms with van der Waals surface area (Å²) in [4.78, 5) is 28.0. The van der Waals surface area contributed by atoms with Crippen molar-refractivity contribution < 1.29 is 40.7 Å². The van der Waals surface area contributed by atoms with Crippen LogP contribution in [0.15, 0.2) is 48.5 Å². The summed E-state index contributed by atoms with van der Waals surface area (Å²) in [6, 6.07) is 10.2. The highest BCUT2D eigenvalue weighted by atomic mass is 19.4. The number of rotatable bonds is 2. The molecular formula is C24H22F6N2O3. The van der Waals surface area contributed by atoms with Gasteiger partial charge in [-0.3, -0.25) is 4.79 Å². The molecule has 2 heterocycles. The molecular weight excluding hydrogens is 478 g/mol. The number of halogens is 6. The molecule has 2 saturated heterocycles. The van der Waals surface area contributed by atoms with Gasteiger partial charge in [0.2, 0.25) is 0 Å². The molecule has 188 valence electrons. The maximum Gasteiger partial charge on any atom is 0.416 e. The molecule has 2 fully saturated rings. The van der Waals surface area contributed by atoms with Gasteiger partial charge in [-0.25, -0.2) is 4.79 Å². The van der Waals surface area contributed by atoms with Gasteiger partial charge in [0.05, 0.1) is 11.1 Å². The van der Waals surface area contributed by atoms with Crippen LogP contribution in [0.3, 0.4) is 0 Å². The van der Waals surface area contributed by atoms with Gasteiger partial charge in [-0.05, 0) is 23.8 Å². The maximum absolute atomic E-state index is 13.2. The van der Waals surface area contributed by atoms with Crippen molar-refractivity contribution in [3.8, 4) is 0 Å². The first kappa shape index (κ1) is 24.9. The van der Waals surface area contributed by atoms with Gasteiger partial charge in [0, 0.05) is 51.0 Å². The summed E-state index contributed by atoms with van der Waals surface area (Å²) in [7, 11) is 1.61. The predicted octanol–water partition coefficient (Wildman–Crippen LogP) is 5.56. The minimum atomic E-state index is -5.05. The molecule has 0 unspecified atom stereocenters. The predicted molar refractivity (Wildman–Crippen MR) is 113 cm³/mol. The normalized spacial score (nSPS) is 20.7. The maximum atomic E-state index is 13.2. The van der Waals surface area contributed by atoms with Crippen molar-refractivity contribution in [1.82, 2.24) is 9.80 Å². The van der Waals surface area contributed by atoms with E-state index < -0.39 is 46.6 Å². The fourth-order valence-electron chi connectivity index (χ4n) is 4.73. The van der Waals surface area contributed by atoms with Crippen molar-refractivity contribution in [2.24, 2.45) is 0 Å². The van der Waals surface area contributed by atoms with Gasteiger partial charge in [0.25, 0.3) is 5.91 Å². The lowest BCUT2D eigenvalue weighted by molar-refractivity contribution is -0.143. The van der Waals surface area contributed by atoms with Crippen LogP contribution in [0.5, 0.6) is 0 Å². The monoisotopic (exact) mass is 500 g/mol. The Labute approximate surface area is 197 Å². The largest absolute Gasteiger partial charge is 0.442 e. The van der Waals surface area contributed by atoms with Gasteiger partial charge in [-0.15, -0.1) is 0 Å². The molecule has 2 aliphatic rings. The van der Waals surface area contributed by atoms with E-state index in [9.17, 15) is 35.9 Å². The first-order chi connectivity index (χ1) is 16.3. The van der Waals surface area contributed by atoms with Gasteiger partial charge in [-0.2, -0.15) is 26.3 Å². The van der Waals surface area contributed by atoms with E-state index in [4.69, 9.17) is 4.74 Å². The molecule has 2 aliphatic heterocycles. The third kappa shape index (κ3) is 4.94. The summed E-state index contributed by atoms with van der Waals surface area (Å²) in [5.41, 5.74) is -3.79. The zero-order valence-corrected chi connectivity index (χ0v) is 18.6. The number of hydrogen-bond donors (Lipinski definition) is 0. The van der Waals surface area contributed by atoms with Gasteiger partial charge < -0.3 is 14.5 Å². The molecule has 5 nitrogen and oxygen atoms in total. The molecule has 0 N–H and O–H groups in total. The third-order valence-corrected chi connectivity index (χ3v) is 6.63. The third-order valence-electron chi connectivity index (χ3n) is 6.63. The lowest BCUT2D eigenvalue weighted by atomic mass is 9.74. The summed E-state index contributed by atoms with van der Waals surface area (Å²) in [6.07, 6.45) is -10.2.